The van der Waals surface area contributed by atoms with E-state index in [1.54, 1.807) is 12.3 Å². The molecule has 1 heterocycles. The average molecular weight is 436 g/mol. The number of nitrogens with one attached hydrogen (secondary N) is 1. The van der Waals surface area contributed by atoms with Gasteiger partial charge in [0, 0.05) is 26.2 Å². The molecule has 0 bridgehead atoms. The molecule has 1 atom stereocenters. The summed E-state index contributed by atoms with van der Waals surface area (Å²) in [4.78, 5) is 19.3. The van der Waals surface area contributed by atoms with Gasteiger partial charge in [-0.1, -0.05) is 39.0 Å². The van der Waals surface area contributed by atoms with E-state index in [2.05, 4.69) is 49.3 Å². The van der Waals surface area contributed by atoms with E-state index in [1.807, 2.05) is 18.0 Å². The fraction of sp³-hybridized carbons (Fsp3) is 0.556. The molecule has 1 aromatic heterocycles. The lowest BCUT2D eigenvalue weighted by Gasteiger charge is -2.32. The van der Waals surface area contributed by atoms with Gasteiger partial charge in [-0.25, -0.2) is 4.98 Å². The van der Waals surface area contributed by atoms with Gasteiger partial charge < -0.3 is 15.0 Å². The minimum Gasteiger partial charge on any atom is -0.492 e. The van der Waals surface area contributed by atoms with Crippen LogP contribution in [0.3, 0.4) is 0 Å². The van der Waals surface area contributed by atoms with E-state index in [9.17, 15) is 4.79 Å². The summed E-state index contributed by atoms with van der Waals surface area (Å²) in [6, 6.07) is 10.7. The van der Waals surface area contributed by atoms with Gasteiger partial charge in [0.15, 0.2) is 0 Å². The summed E-state index contributed by atoms with van der Waals surface area (Å²) in [5.41, 5.74) is 4.89. The first kappa shape index (κ1) is 22.8. The quantitative estimate of drug-likeness (QED) is 0.657. The van der Waals surface area contributed by atoms with Crippen molar-refractivity contribution in [3.8, 4) is 5.75 Å². The summed E-state index contributed by atoms with van der Waals surface area (Å²) >= 11 is 0. The van der Waals surface area contributed by atoms with E-state index in [0.29, 0.717) is 11.6 Å². The maximum atomic E-state index is 13.0. The van der Waals surface area contributed by atoms with Crippen LogP contribution in [0.5, 0.6) is 5.75 Å². The van der Waals surface area contributed by atoms with Crippen molar-refractivity contribution in [2.75, 3.05) is 20.2 Å². The number of benzene rings is 1. The molecule has 172 valence electrons. The third-order valence-electron chi connectivity index (χ3n) is 6.46. The molecule has 2 aromatic rings. The number of ether oxygens (including phenoxy) is 1. The van der Waals surface area contributed by atoms with Crippen molar-refractivity contribution >= 4 is 5.91 Å². The number of aryl methyl sites for hydroxylation is 1. The third kappa shape index (κ3) is 6.10. The molecule has 1 amide bonds. The van der Waals surface area contributed by atoms with E-state index < -0.39 is 0 Å². The number of hydrogen-bond donors (Lipinski definition) is 1. The molecule has 5 heteroatoms. The summed E-state index contributed by atoms with van der Waals surface area (Å²) in [7, 11) is 1.90. The van der Waals surface area contributed by atoms with Gasteiger partial charge in [-0.15, -0.1) is 0 Å². The van der Waals surface area contributed by atoms with Gasteiger partial charge in [0.2, 0.25) is 0 Å². The van der Waals surface area contributed by atoms with E-state index in [1.165, 1.54) is 29.5 Å². The van der Waals surface area contributed by atoms with Crippen molar-refractivity contribution in [2.24, 2.45) is 11.3 Å². The number of carbonyl (C=O) groups excluding carboxylic acids is 1. The SMILES string of the molecule is CN(C(=O)c1ccc(OCC2CC2)cn1)[C@H]1CCc2cc(CNCC(C)(C)C)ccc2C1. The number of nitrogens with zero attached hydrogens (tertiary/aromatic N) is 2. The second-order valence-corrected chi connectivity index (χ2v) is 10.7. The molecule has 1 fully saturated rings. The van der Waals surface area contributed by atoms with Gasteiger partial charge >= 0.3 is 0 Å². The normalized spacial score (nSPS) is 18.2. The summed E-state index contributed by atoms with van der Waals surface area (Å²) in [6.07, 6.45) is 7.08. The molecule has 1 N–H and O–H groups in total. The molecule has 4 rings (SSSR count). The highest BCUT2D eigenvalue weighted by Crippen LogP contribution is 2.29. The van der Waals surface area contributed by atoms with Crippen molar-refractivity contribution in [3.63, 3.8) is 0 Å². The first-order valence-corrected chi connectivity index (χ1v) is 12.0. The number of rotatable bonds is 8. The lowest BCUT2D eigenvalue weighted by atomic mass is 9.86. The Kier molecular flexibility index (Phi) is 6.85. The number of aromatic nitrogens is 1. The fourth-order valence-electron chi connectivity index (χ4n) is 4.25. The van der Waals surface area contributed by atoms with Crippen LogP contribution in [0.25, 0.3) is 0 Å². The van der Waals surface area contributed by atoms with Crippen LogP contribution >= 0.6 is 0 Å². The number of likely N-dealkylation sites (N-methyl/N-ethyl adjacent to an activating group) is 1. The zero-order valence-corrected chi connectivity index (χ0v) is 20.0. The number of carbonyl (C=O) groups is 1. The average Bonchev–Trinajstić information content (AvgIpc) is 3.60. The summed E-state index contributed by atoms with van der Waals surface area (Å²) < 4.78 is 5.74. The molecule has 0 spiro atoms. The second kappa shape index (κ2) is 9.62. The maximum Gasteiger partial charge on any atom is 0.272 e. The standard InChI is InChI=1S/C27H37N3O2/c1-27(2,3)18-28-15-20-7-8-22-14-23(10-9-21(22)13-20)30(4)26(31)25-12-11-24(16-29-25)32-17-19-5-6-19/h7-8,11-13,16,19,23,28H,5-6,9-10,14-15,17-18H2,1-4H3/t23-/m0/s1. The van der Waals surface area contributed by atoms with Crippen LogP contribution in [0.15, 0.2) is 36.5 Å². The number of pyridine rings is 1. The van der Waals surface area contributed by atoms with Gasteiger partial charge in [0.05, 0.1) is 12.8 Å². The first-order chi connectivity index (χ1) is 15.3. The van der Waals surface area contributed by atoms with Crippen LogP contribution in [0.2, 0.25) is 0 Å². The Bertz CT molecular complexity index is 929. The molecule has 1 aromatic carbocycles. The van der Waals surface area contributed by atoms with Crippen LogP contribution in [0.1, 0.15) is 67.2 Å². The summed E-state index contributed by atoms with van der Waals surface area (Å²) in [5.74, 6) is 1.43. The molecule has 0 saturated heterocycles. The largest absolute Gasteiger partial charge is 0.492 e. The molecule has 1 saturated carbocycles. The Labute approximate surface area is 192 Å². The topological polar surface area (TPSA) is 54.5 Å². The van der Waals surface area contributed by atoms with Crippen molar-refractivity contribution < 1.29 is 9.53 Å². The molecule has 0 radical (unpaired) electrons. The zero-order chi connectivity index (χ0) is 22.7. The Morgan fingerprint density at radius 2 is 1.97 bits per heavy atom. The number of hydrogen-bond acceptors (Lipinski definition) is 4. The van der Waals surface area contributed by atoms with E-state index >= 15 is 0 Å². The van der Waals surface area contributed by atoms with Gasteiger partial charge in [0.1, 0.15) is 11.4 Å². The molecule has 2 aliphatic rings. The Morgan fingerprint density at radius 1 is 1.16 bits per heavy atom. The molecule has 2 aliphatic carbocycles. The minimum atomic E-state index is -0.0183. The number of amides is 1. The highest BCUT2D eigenvalue weighted by molar-refractivity contribution is 5.92. The number of fused-ring (bicyclic) bond motifs is 1. The lowest BCUT2D eigenvalue weighted by Crippen LogP contribution is -2.41. The summed E-state index contributed by atoms with van der Waals surface area (Å²) in [5, 5.41) is 3.56. The lowest BCUT2D eigenvalue weighted by molar-refractivity contribution is 0.0713. The molecular formula is C27H37N3O2. The van der Waals surface area contributed by atoms with Crippen molar-refractivity contribution in [2.45, 2.75) is 65.5 Å². The smallest absolute Gasteiger partial charge is 0.272 e. The Morgan fingerprint density at radius 3 is 2.66 bits per heavy atom. The Balaban J connectivity index is 1.32. The molecule has 32 heavy (non-hydrogen) atoms. The Hall–Kier alpha value is -2.40. The zero-order valence-electron chi connectivity index (χ0n) is 20.0. The predicted molar refractivity (Wildman–Crippen MR) is 128 cm³/mol. The van der Waals surface area contributed by atoms with Gasteiger partial charge in [-0.05, 0) is 72.3 Å². The monoisotopic (exact) mass is 435 g/mol. The van der Waals surface area contributed by atoms with Crippen LogP contribution < -0.4 is 10.1 Å². The van der Waals surface area contributed by atoms with Gasteiger partial charge in [-0.3, -0.25) is 4.79 Å². The molecular weight excluding hydrogens is 398 g/mol. The second-order valence-electron chi connectivity index (χ2n) is 10.7. The van der Waals surface area contributed by atoms with Crippen LogP contribution in [0.4, 0.5) is 0 Å². The van der Waals surface area contributed by atoms with Gasteiger partial charge in [-0.2, -0.15) is 0 Å². The van der Waals surface area contributed by atoms with Crippen molar-refractivity contribution in [1.82, 2.24) is 15.2 Å². The minimum absolute atomic E-state index is 0.0183. The van der Waals surface area contributed by atoms with Crippen LogP contribution in [0, 0.1) is 11.3 Å². The van der Waals surface area contributed by atoms with Crippen LogP contribution in [-0.4, -0.2) is 42.0 Å². The molecule has 0 aliphatic heterocycles. The highest BCUT2D eigenvalue weighted by Gasteiger charge is 2.27. The van der Waals surface area contributed by atoms with Crippen molar-refractivity contribution in [1.29, 1.82) is 0 Å². The first-order valence-electron chi connectivity index (χ1n) is 12.0. The van der Waals surface area contributed by atoms with Gasteiger partial charge in [0.25, 0.3) is 5.91 Å². The molecule has 5 nitrogen and oxygen atoms in total. The van der Waals surface area contributed by atoms with E-state index in [4.69, 9.17) is 4.74 Å². The van der Waals surface area contributed by atoms with Crippen LogP contribution in [-0.2, 0) is 19.4 Å². The molecule has 0 unspecified atom stereocenters. The van der Waals surface area contributed by atoms with Crippen molar-refractivity contribution in [3.05, 3.63) is 58.9 Å². The fourth-order valence-corrected chi connectivity index (χ4v) is 4.25. The van der Waals surface area contributed by atoms with E-state index in [0.717, 1.165) is 44.7 Å². The summed E-state index contributed by atoms with van der Waals surface area (Å²) in [6.45, 7) is 9.40. The maximum absolute atomic E-state index is 13.0. The van der Waals surface area contributed by atoms with E-state index in [-0.39, 0.29) is 17.4 Å². The predicted octanol–water partition coefficient (Wildman–Crippen LogP) is 4.64. The third-order valence-corrected chi connectivity index (χ3v) is 6.46. The highest BCUT2D eigenvalue weighted by atomic mass is 16.5.